The van der Waals surface area contributed by atoms with Crippen molar-refractivity contribution in [2.45, 2.75) is 349 Å². The highest BCUT2D eigenvalue weighted by Gasteiger charge is 2.30. The first-order valence-electron chi connectivity index (χ1n) is 35.0. The van der Waals surface area contributed by atoms with Crippen molar-refractivity contribution >= 4 is 39.5 Å². The summed E-state index contributed by atoms with van der Waals surface area (Å²) in [5, 5.41) is 10.6. The van der Waals surface area contributed by atoms with Gasteiger partial charge in [-0.1, -0.05) is 280 Å². The van der Waals surface area contributed by atoms with Crippen LogP contribution in [0.4, 0.5) is 0 Å². The lowest BCUT2D eigenvalue weighted by molar-refractivity contribution is -0.161. The van der Waals surface area contributed by atoms with E-state index in [2.05, 4.69) is 48.5 Å². The summed E-state index contributed by atoms with van der Waals surface area (Å²) >= 11 is 0. The Morgan fingerprint density at radius 3 is 0.826 bits per heavy atom. The highest BCUT2D eigenvalue weighted by molar-refractivity contribution is 7.47. The zero-order valence-corrected chi connectivity index (χ0v) is 57.6. The summed E-state index contributed by atoms with van der Waals surface area (Å²) < 4.78 is 68.1. The molecule has 510 valence electrons. The van der Waals surface area contributed by atoms with Crippen molar-refractivity contribution in [1.29, 1.82) is 0 Å². The van der Waals surface area contributed by atoms with E-state index in [4.69, 9.17) is 37.0 Å². The minimum absolute atomic E-state index is 0.102. The fraction of sp³-hybridized carbons (Fsp3) is 0.940. The summed E-state index contributed by atoms with van der Waals surface area (Å²) in [6.07, 6.45) is 40.2. The number of carbonyl (C=O) groups excluding carboxylic acids is 4. The second-order valence-corrected chi connectivity index (χ2v) is 27.8. The number of esters is 4. The topological polar surface area (TPSA) is 237 Å². The van der Waals surface area contributed by atoms with Crippen molar-refractivity contribution in [3.05, 3.63) is 0 Å². The first kappa shape index (κ1) is 84.1. The Kier molecular flexibility index (Phi) is 56.9. The van der Waals surface area contributed by atoms with Gasteiger partial charge in [-0.15, -0.1) is 0 Å². The van der Waals surface area contributed by atoms with E-state index < -0.39 is 97.5 Å². The summed E-state index contributed by atoms with van der Waals surface area (Å²) in [4.78, 5) is 72.4. The highest BCUT2D eigenvalue weighted by Crippen LogP contribution is 2.45. The number of phosphoric acid groups is 2. The molecular formula is C67H130O17P2. The molecule has 0 heterocycles. The second-order valence-electron chi connectivity index (χ2n) is 24.9. The molecule has 19 heteroatoms. The molecule has 0 radical (unpaired) electrons. The highest BCUT2D eigenvalue weighted by atomic mass is 31.2. The van der Waals surface area contributed by atoms with Gasteiger partial charge in [-0.05, 0) is 43.4 Å². The molecule has 0 rings (SSSR count). The van der Waals surface area contributed by atoms with Gasteiger partial charge in [-0.2, -0.15) is 0 Å². The van der Waals surface area contributed by atoms with Gasteiger partial charge in [0.25, 0.3) is 0 Å². The maximum absolute atomic E-state index is 13.0. The average Bonchev–Trinajstić information content (AvgIpc) is 3.49. The lowest BCUT2D eigenvalue weighted by Gasteiger charge is -2.21. The van der Waals surface area contributed by atoms with Crippen molar-refractivity contribution in [2.75, 3.05) is 39.6 Å². The molecule has 0 aromatic rings. The summed E-state index contributed by atoms with van der Waals surface area (Å²) in [7, 11) is -9.90. The van der Waals surface area contributed by atoms with Crippen LogP contribution in [-0.4, -0.2) is 96.7 Å². The van der Waals surface area contributed by atoms with Gasteiger partial charge in [0.15, 0.2) is 12.2 Å². The third-order valence-corrected chi connectivity index (χ3v) is 18.4. The number of carbonyl (C=O) groups is 4. The fourth-order valence-electron chi connectivity index (χ4n) is 9.91. The predicted octanol–water partition coefficient (Wildman–Crippen LogP) is 18.7. The van der Waals surface area contributed by atoms with E-state index in [1.807, 2.05) is 0 Å². The number of phosphoric ester groups is 2. The molecule has 0 aliphatic carbocycles. The van der Waals surface area contributed by atoms with Crippen LogP contribution in [0.1, 0.15) is 331 Å². The fourth-order valence-corrected chi connectivity index (χ4v) is 11.5. The van der Waals surface area contributed by atoms with Crippen LogP contribution in [0.2, 0.25) is 0 Å². The van der Waals surface area contributed by atoms with E-state index in [-0.39, 0.29) is 25.7 Å². The van der Waals surface area contributed by atoms with Crippen LogP contribution >= 0.6 is 15.6 Å². The summed E-state index contributed by atoms with van der Waals surface area (Å²) in [6, 6.07) is 0. The van der Waals surface area contributed by atoms with Gasteiger partial charge in [0, 0.05) is 25.7 Å². The first-order valence-corrected chi connectivity index (χ1v) is 38.0. The Morgan fingerprint density at radius 2 is 0.558 bits per heavy atom. The SMILES string of the molecule is CCCCCCCCCCCCCCC(=O)OC[C@H](COP(=O)(O)OC[C@@H](O)COP(=O)(O)OC[C@@H](COC(=O)CCCCCCCCC(C)CC)OC(=O)CCCCCCCCC(C)CC)OC(=O)CCCCCCCCCCCCC(C)CC. The van der Waals surface area contributed by atoms with Crippen LogP contribution in [-0.2, 0) is 65.4 Å². The molecule has 3 N–H and O–H groups in total. The molecule has 0 saturated heterocycles. The normalized spacial score (nSPS) is 15.2. The number of hydrogen-bond donors (Lipinski definition) is 3. The van der Waals surface area contributed by atoms with Crippen molar-refractivity contribution in [3.63, 3.8) is 0 Å². The number of ether oxygens (including phenoxy) is 4. The molecule has 0 saturated carbocycles. The van der Waals surface area contributed by atoms with Crippen LogP contribution in [0.25, 0.3) is 0 Å². The zero-order chi connectivity index (χ0) is 63.8. The summed E-state index contributed by atoms with van der Waals surface area (Å²) in [5.41, 5.74) is 0. The molecule has 0 spiro atoms. The molecule has 0 amide bonds. The Hall–Kier alpha value is -1.94. The van der Waals surface area contributed by atoms with Crippen LogP contribution < -0.4 is 0 Å². The number of aliphatic hydroxyl groups is 1. The molecule has 0 bridgehead atoms. The molecule has 5 unspecified atom stereocenters. The Bertz CT molecular complexity index is 1700. The van der Waals surface area contributed by atoms with Crippen LogP contribution in [0.15, 0.2) is 0 Å². The Balaban J connectivity index is 5.27. The van der Waals surface area contributed by atoms with E-state index in [0.29, 0.717) is 25.7 Å². The lowest BCUT2D eigenvalue weighted by Crippen LogP contribution is -2.30. The Morgan fingerprint density at radius 1 is 0.326 bits per heavy atom. The molecule has 17 nitrogen and oxygen atoms in total. The molecule has 8 atom stereocenters. The molecule has 0 aromatic heterocycles. The van der Waals surface area contributed by atoms with Gasteiger partial charge in [-0.25, -0.2) is 9.13 Å². The average molecular weight is 1270 g/mol. The minimum atomic E-state index is -4.95. The van der Waals surface area contributed by atoms with Gasteiger partial charge in [0.05, 0.1) is 26.4 Å². The zero-order valence-electron chi connectivity index (χ0n) is 55.8. The van der Waals surface area contributed by atoms with E-state index >= 15 is 0 Å². The lowest BCUT2D eigenvalue weighted by atomic mass is 9.99. The van der Waals surface area contributed by atoms with E-state index in [1.54, 1.807) is 0 Å². The van der Waals surface area contributed by atoms with E-state index in [9.17, 15) is 43.2 Å². The van der Waals surface area contributed by atoms with Crippen LogP contribution in [0.3, 0.4) is 0 Å². The molecule has 86 heavy (non-hydrogen) atoms. The predicted molar refractivity (Wildman–Crippen MR) is 344 cm³/mol. The van der Waals surface area contributed by atoms with Gasteiger partial charge < -0.3 is 33.8 Å². The molecular weight excluding hydrogens is 1140 g/mol. The van der Waals surface area contributed by atoms with Crippen molar-refractivity contribution < 1.29 is 80.2 Å². The van der Waals surface area contributed by atoms with Gasteiger partial charge in [-0.3, -0.25) is 37.3 Å². The third kappa shape index (κ3) is 57.2. The van der Waals surface area contributed by atoms with Gasteiger partial charge >= 0.3 is 39.5 Å². The summed E-state index contributed by atoms with van der Waals surface area (Å²) in [6.45, 7) is 11.8. The van der Waals surface area contributed by atoms with Crippen LogP contribution in [0, 0.1) is 17.8 Å². The Labute approximate surface area is 524 Å². The minimum Gasteiger partial charge on any atom is -0.462 e. The third-order valence-electron chi connectivity index (χ3n) is 16.5. The molecule has 0 fully saturated rings. The van der Waals surface area contributed by atoms with Gasteiger partial charge in [0.2, 0.25) is 0 Å². The second kappa shape index (κ2) is 58.2. The number of hydrogen-bond acceptors (Lipinski definition) is 15. The van der Waals surface area contributed by atoms with E-state index in [0.717, 1.165) is 114 Å². The monoisotopic (exact) mass is 1270 g/mol. The smallest absolute Gasteiger partial charge is 0.462 e. The van der Waals surface area contributed by atoms with Crippen LogP contribution in [0.5, 0.6) is 0 Å². The van der Waals surface area contributed by atoms with Crippen molar-refractivity contribution in [2.24, 2.45) is 17.8 Å². The maximum atomic E-state index is 13.0. The van der Waals surface area contributed by atoms with Crippen molar-refractivity contribution in [1.82, 2.24) is 0 Å². The number of aliphatic hydroxyl groups excluding tert-OH is 1. The van der Waals surface area contributed by atoms with Crippen molar-refractivity contribution in [3.8, 4) is 0 Å². The molecule has 0 aromatic carbocycles. The molecule has 0 aliphatic rings. The first-order chi connectivity index (χ1) is 41.3. The number of rotatable bonds is 65. The maximum Gasteiger partial charge on any atom is 0.472 e. The molecule has 0 aliphatic heterocycles. The summed E-state index contributed by atoms with van der Waals surface area (Å²) in [5.74, 6) is 0.120. The largest absolute Gasteiger partial charge is 0.472 e. The van der Waals surface area contributed by atoms with E-state index in [1.165, 1.54) is 135 Å². The standard InChI is InChI=1S/C67H130O17P2/c1-8-12-13-14-15-16-17-18-22-25-34-41-48-64(69)77-54-62(83-66(71)50-43-36-26-23-20-19-21-24-31-38-45-58(5)9-2)56-81-85(73,74)79-52-61(68)53-80-86(75,76)82-57-63(84-67(72)51-44-37-30-28-33-40-47-60(7)11-4)55-78-65(70)49-42-35-29-27-32-39-46-59(6)10-3/h58-63,68H,8-57H2,1-7H3,(H,73,74)(H,75,76)/t58?,59?,60?,61-,62-,63-/m1/s1. The quantitative estimate of drug-likeness (QED) is 0.0222. The number of unbranched alkanes of at least 4 members (excludes halogenated alkanes) is 30. The van der Waals surface area contributed by atoms with Gasteiger partial charge in [0.1, 0.15) is 19.3 Å².